The second-order valence-electron chi connectivity index (χ2n) is 8.48. The summed E-state index contributed by atoms with van der Waals surface area (Å²) in [6, 6.07) is -3.94. The minimum absolute atomic E-state index is 0.0308. The van der Waals surface area contributed by atoms with Crippen LogP contribution in [0.4, 0.5) is 0 Å². The maximum absolute atomic E-state index is 12.8. The lowest BCUT2D eigenvalue weighted by Crippen LogP contribution is -2.49. The predicted molar refractivity (Wildman–Crippen MR) is 140 cm³/mol. The number of carboxylic acid groups (broad SMARTS) is 1. The van der Waals surface area contributed by atoms with Crippen LogP contribution in [0.5, 0.6) is 0 Å². The molecule has 0 aromatic heterocycles. The fraction of sp³-hybridized carbons (Fsp3) is 0.571. The molecule has 0 heterocycles. The maximum atomic E-state index is 12.8. The Morgan fingerprint density at radius 2 is 1.00 bits per heavy atom. The SMILES string of the molecule is NC(=O)C(CCCN=C(N)N)NC(=O)CC(=O)C(CCCN=C(N)N)NC(=O)CC(=O)NC(CC(=O)O)C(N)=O. The molecule has 0 rings (SSSR count). The average molecular weight is 572 g/mol. The Balaban J connectivity index is 5.27. The van der Waals surface area contributed by atoms with E-state index in [1.807, 2.05) is 5.32 Å². The molecular formula is C21H37N11O8. The van der Waals surface area contributed by atoms with Crippen molar-refractivity contribution < 1.29 is 38.7 Å². The molecule has 5 amide bonds. The van der Waals surface area contributed by atoms with E-state index in [1.165, 1.54) is 0 Å². The molecule has 16 N–H and O–H groups in total. The van der Waals surface area contributed by atoms with Crippen LogP contribution in [0, 0.1) is 0 Å². The van der Waals surface area contributed by atoms with E-state index >= 15 is 0 Å². The van der Waals surface area contributed by atoms with Gasteiger partial charge in [0.2, 0.25) is 29.5 Å². The summed E-state index contributed by atoms with van der Waals surface area (Å²) < 4.78 is 0. The van der Waals surface area contributed by atoms with Crippen LogP contribution in [0.2, 0.25) is 0 Å². The van der Waals surface area contributed by atoms with Crippen LogP contribution in [0.1, 0.15) is 44.9 Å². The average Bonchev–Trinajstić information content (AvgIpc) is 2.81. The van der Waals surface area contributed by atoms with Gasteiger partial charge in [-0.3, -0.25) is 43.5 Å². The highest BCUT2D eigenvalue weighted by Gasteiger charge is 2.27. The van der Waals surface area contributed by atoms with Gasteiger partial charge in [0.05, 0.1) is 18.9 Å². The Labute approximate surface area is 228 Å². The molecule has 0 aromatic rings. The van der Waals surface area contributed by atoms with Crippen molar-refractivity contribution in [3.8, 4) is 0 Å². The number of amides is 5. The number of Topliss-reactive ketones (excluding diaryl/α,β-unsaturated/α-hetero) is 1. The molecule has 0 bridgehead atoms. The molecule has 224 valence electrons. The summed E-state index contributed by atoms with van der Waals surface area (Å²) >= 11 is 0. The Kier molecular flexibility index (Phi) is 16.0. The van der Waals surface area contributed by atoms with Gasteiger partial charge >= 0.3 is 5.97 Å². The van der Waals surface area contributed by atoms with Gasteiger partial charge in [-0.25, -0.2) is 0 Å². The standard InChI is InChI=1S/C21H37N11O8/c22-18(39)11(4-2-6-29-21(26)27)31-14(34)8-13(33)10(3-1-5-28-20(24)25)30-15(35)9-16(36)32-12(19(23)40)7-17(37)38/h10-12H,1-9H2,(H2,22,39)(H2,23,40)(H,30,35)(H,31,34)(H,32,36)(H,37,38)(H4,24,25,28)(H4,26,27,29). The third-order valence-electron chi connectivity index (χ3n) is 5.01. The molecule has 0 saturated heterocycles. The number of nitrogens with two attached hydrogens (primary N) is 6. The van der Waals surface area contributed by atoms with E-state index in [0.29, 0.717) is 6.42 Å². The molecule has 0 saturated carbocycles. The first kappa shape index (κ1) is 35.0. The van der Waals surface area contributed by atoms with Crippen LogP contribution < -0.4 is 50.4 Å². The number of aliphatic imine (C=N–C) groups is 2. The molecule has 0 spiro atoms. The van der Waals surface area contributed by atoms with Crippen molar-refractivity contribution in [2.75, 3.05) is 13.1 Å². The smallest absolute Gasteiger partial charge is 0.305 e. The van der Waals surface area contributed by atoms with Gasteiger partial charge in [-0.2, -0.15) is 0 Å². The number of rotatable bonds is 20. The first-order valence-corrected chi connectivity index (χ1v) is 11.9. The van der Waals surface area contributed by atoms with Gasteiger partial charge in [-0.1, -0.05) is 0 Å². The topological polar surface area (TPSA) is 357 Å². The zero-order valence-corrected chi connectivity index (χ0v) is 21.8. The lowest BCUT2D eigenvalue weighted by molar-refractivity contribution is -0.140. The number of hydrogen-bond acceptors (Lipinski definition) is 9. The number of nitrogens with zero attached hydrogens (tertiary/aromatic N) is 2. The lowest BCUT2D eigenvalue weighted by Gasteiger charge is -2.19. The minimum atomic E-state index is -1.56. The highest BCUT2D eigenvalue weighted by Crippen LogP contribution is 2.05. The van der Waals surface area contributed by atoms with Gasteiger partial charge in [-0.05, 0) is 25.7 Å². The summed E-state index contributed by atoms with van der Waals surface area (Å²) in [7, 11) is 0. The molecule has 0 aromatic carbocycles. The maximum Gasteiger partial charge on any atom is 0.305 e. The molecule has 0 aliphatic rings. The molecule has 0 radical (unpaired) electrons. The van der Waals surface area contributed by atoms with Gasteiger partial charge < -0.3 is 55.5 Å². The molecule has 19 nitrogen and oxygen atoms in total. The Morgan fingerprint density at radius 1 is 0.600 bits per heavy atom. The van der Waals surface area contributed by atoms with Crippen molar-refractivity contribution in [1.82, 2.24) is 16.0 Å². The lowest BCUT2D eigenvalue weighted by atomic mass is 10.0. The van der Waals surface area contributed by atoms with Gasteiger partial charge in [0, 0.05) is 13.1 Å². The molecule has 0 aliphatic carbocycles. The molecule has 3 unspecified atom stereocenters. The van der Waals surface area contributed by atoms with Crippen LogP contribution in [0.25, 0.3) is 0 Å². The number of nitrogens with one attached hydrogen (secondary N) is 3. The number of carbonyl (C=O) groups is 7. The highest BCUT2D eigenvalue weighted by atomic mass is 16.4. The van der Waals surface area contributed by atoms with Crippen LogP contribution >= 0.6 is 0 Å². The molecule has 40 heavy (non-hydrogen) atoms. The van der Waals surface area contributed by atoms with Crippen LogP contribution in [-0.2, 0) is 33.6 Å². The van der Waals surface area contributed by atoms with Gasteiger partial charge in [0.1, 0.15) is 18.5 Å². The van der Waals surface area contributed by atoms with Crippen molar-refractivity contribution in [3.05, 3.63) is 0 Å². The number of guanidine groups is 2. The third kappa shape index (κ3) is 16.7. The highest BCUT2D eigenvalue weighted by molar-refractivity contribution is 6.04. The molecule has 0 aliphatic heterocycles. The van der Waals surface area contributed by atoms with Crippen LogP contribution in [0.15, 0.2) is 9.98 Å². The van der Waals surface area contributed by atoms with E-state index in [9.17, 15) is 33.6 Å². The van der Waals surface area contributed by atoms with Crippen molar-refractivity contribution in [1.29, 1.82) is 0 Å². The van der Waals surface area contributed by atoms with Crippen molar-refractivity contribution >= 4 is 53.2 Å². The van der Waals surface area contributed by atoms with Crippen molar-refractivity contribution in [3.63, 3.8) is 0 Å². The second-order valence-corrected chi connectivity index (χ2v) is 8.48. The second kappa shape index (κ2) is 18.3. The minimum Gasteiger partial charge on any atom is -0.481 e. The van der Waals surface area contributed by atoms with Crippen molar-refractivity contribution in [2.24, 2.45) is 44.4 Å². The molecule has 19 heteroatoms. The van der Waals surface area contributed by atoms with Gasteiger partial charge in [0.15, 0.2) is 17.7 Å². The summed E-state index contributed by atoms with van der Waals surface area (Å²) in [5.74, 6) is -7.35. The van der Waals surface area contributed by atoms with Crippen LogP contribution in [-0.4, -0.2) is 89.5 Å². The Hall–Kier alpha value is -4.97. The summed E-state index contributed by atoms with van der Waals surface area (Å²) in [6.07, 6.45) is -1.88. The molecule has 0 fully saturated rings. The zero-order chi connectivity index (χ0) is 30.8. The van der Waals surface area contributed by atoms with E-state index in [1.54, 1.807) is 0 Å². The predicted octanol–water partition coefficient (Wildman–Crippen LogP) is -5.66. The number of hydrogen-bond donors (Lipinski definition) is 10. The van der Waals surface area contributed by atoms with Crippen molar-refractivity contribution in [2.45, 2.75) is 63.1 Å². The number of carbonyl (C=O) groups excluding carboxylic acids is 6. The number of ketones is 1. The quantitative estimate of drug-likeness (QED) is 0.0283. The Bertz CT molecular complexity index is 1010. The van der Waals surface area contributed by atoms with E-state index in [-0.39, 0.29) is 44.3 Å². The monoisotopic (exact) mass is 571 g/mol. The number of primary amides is 2. The summed E-state index contributed by atoms with van der Waals surface area (Å²) in [4.78, 5) is 91.1. The van der Waals surface area contributed by atoms with Gasteiger partial charge in [0.25, 0.3) is 0 Å². The largest absolute Gasteiger partial charge is 0.481 e. The fourth-order valence-corrected chi connectivity index (χ4v) is 3.17. The number of aliphatic carboxylic acids is 1. The summed E-state index contributed by atoms with van der Waals surface area (Å²) in [5.41, 5.74) is 31.3. The molecular weight excluding hydrogens is 534 g/mol. The van der Waals surface area contributed by atoms with E-state index < -0.39 is 78.7 Å². The first-order chi connectivity index (χ1) is 18.6. The summed E-state index contributed by atoms with van der Waals surface area (Å²) in [6.45, 7) is 0.262. The van der Waals surface area contributed by atoms with Crippen LogP contribution in [0.3, 0.4) is 0 Å². The van der Waals surface area contributed by atoms with E-state index in [2.05, 4.69) is 20.6 Å². The first-order valence-electron chi connectivity index (χ1n) is 11.9. The zero-order valence-electron chi connectivity index (χ0n) is 21.8. The fourth-order valence-electron chi connectivity index (χ4n) is 3.17. The third-order valence-corrected chi connectivity index (χ3v) is 5.01. The van der Waals surface area contributed by atoms with E-state index in [4.69, 9.17) is 39.5 Å². The normalized spacial score (nSPS) is 12.5. The number of carboxylic acids is 1. The summed E-state index contributed by atoms with van der Waals surface area (Å²) in [5, 5.41) is 15.5. The van der Waals surface area contributed by atoms with E-state index in [0.717, 1.165) is 0 Å². The van der Waals surface area contributed by atoms with Gasteiger partial charge in [-0.15, -0.1) is 0 Å². The Morgan fingerprint density at radius 3 is 1.43 bits per heavy atom. The molecule has 3 atom stereocenters.